The summed E-state index contributed by atoms with van der Waals surface area (Å²) in [4.78, 5) is 14.3. The van der Waals surface area contributed by atoms with Gasteiger partial charge < -0.3 is 10.2 Å². The van der Waals surface area contributed by atoms with Gasteiger partial charge in [-0.05, 0) is 24.3 Å². The van der Waals surface area contributed by atoms with E-state index in [0.717, 1.165) is 15.8 Å². The van der Waals surface area contributed by atoms with Crippen LogP contribution in [0.2, 0.25) is 0 Å². The van der Waals surface area contributed by atoms with Gasteiger partial charge in [0.25, 0.3) is 5.91 Å². The zero-order valence-corrected chi connectivity index (χ0v) is 14.0. The van der Waals surface area contributed by atoms with Gasteiger partial charge in [-0.25, -0.2) is 0 Å². The maximum Gasteiger partial charge on any atom is 0.293 e. The van der Waals surface area contributed by atoms with Crippen molar-refractivity contribution in [3.63, 3.8) is 0 Å². The summed E-state index contributed by atoms with van der Waals surface area (Å²) < 4.78 is 2.88. The molecule has 5 heteroatoms. The van der Waals surface area contributed by atoms with Gasteiger partial charge in [0, 0.05) is 49.0 Å². The number of rotatable bonds is 4. The first-order valence-electron chi connectivity index (χ1n) is 6.72. The highest BCUT2D eigenvalue weighted by Crippen LogP contribution is 2.15. The molecule has 0 fully saturated rings. The molecule has 2 aromatic rings. The number of halogens is 1. The van der Waals surface area contributed by atoms with Gasteiger partial charge in [0.1, 0.15) is 0 Å². The van der Waals surface area contributed by atoms with Crippen LogP contribution in [0.25, 0.3) is 0 Å². The molecule has 0 aliphatic rings. The number of aromatic nitrogens is 1. The van der Waals surface area contributed by atoms with Crippen LogP contribution in [0, 0.1) is 0 Å². The lowest BCUT2D eigenvalue weighted by Gasteiger charge is -2.12. The number of nitrogens with zero attached hydrogens (tertiary/aromatic N) is 2. The molecule has 1 aromatic heterocycles. The minimum absolute atomic E-state index is 0.0417. The van der Waals surface area contributed by atoms with Gasteiger partial charge in [0.2, 0.25) is 6.04 Å². The normalized spacial score (nSPS) is 11.8. The molecule has 110 valence electrons. The summed E-state index contributed by atoms with van der Waals surface area (Å²) >= 11 is 3.37. The second-order valence-electron chi connectivity index (χ2n) is 5.07. The largest absolute Gasteiger partial charge is 0.377 e. The van der Waals surface area contributed by atoms with Crippen LogP contribution in [0.15, 0.2) is 53.3 Å². The summed E-state index contributed by atoms with van der Waals surface area (Å²) in [5.74, 6) is -0.0417. The molecule has 1 N–H and O–H groups in total. The third-order valence-corrected chi connectivity index (χ3v) is 3.82. The molecular weight excluding hydrogens is 330 g/mol. The highest BCUT2D eigenvalue weighted by Gasteiger charge is 2.21. The Kier molecular flexibility index (Phi) is 4.96. The van der Waals surface area contributed by atoms with Gasteiger partial charge in [0.05, 0.1) is 0 Å². The number of amides is 1. The highest BCUT2D eigenvalue weighted by molar-refractivity contribution is 9.10. The number of nitrogens with one attached hydrogen (secondary N) is 1. The maximum absolute atomic E-state index is 12.3. The molecule has 0 saturated heterocycles. The van der Waals surface area contributed by atoms with Gasteiger partial charge in [-0.3, -0.25) is 4.79 Å². The monoisotopic (exact) mass is 348 g/mol. The van der Waals surface area contributed by atoms with E-state index in [4.69, 9.17) is 0 Å². The summed E-state index contributed by atoms with van der Waals surface area (Å²) in [5.41, 5.74) is 1.90. The molecule has 1 atom stereocenters. The summed E-state index contributed by atoms with van der Waals surface area (Å²) in [5, 5.41) is 2.91. The first-order chi connectivity index (χ1) is 9.97. The topological polar surface area (TPSA) is 36.2 Å². The second-order valence-corrected chi connectivity index (χ2v) is 5.99. The van der Waals surface area contributed by atoms with Crippen molar-refractivity contribution in [3.8, 4) is 0 Å². The molecule has 0 unspecified atom stereocenters. The van der Waals surface area contributed by atoms with Crippen molar-refractivity contribution in [1.82, 2.24) is 0 Å². The molecule has 1 aromatic carbocycles. The first-order valence-corrected chi connectivity index (χ1v) is 7.51. The van der Waals surface area contributed by atoms with E-state index in [1.165, 1.54) is 0 Å². The van der Waals surface area contributed by atoms with Crippen molar-refractivity contribution < 1.29 is 9.36 Å². The van der Waals surface area contributed by atoms with Gasteiger partial charge >= 0.3 is 0 Å². The maximum atomic E-state index is 12.3. The average molecular weight is 349 g/mol. The van der Waals surface area contributed by atoms with E-state index in [0.29, 0.717) is 0 Å². The lowest BCUT2D eigenvalue weighted by Crippen LogP contribution is -2.44. The van der Waals surface area contributed by atoms with Crippen LogP contribution in [0.5, 0.6) is 0 Å². The first kappa shape index (κ1) is 15.5. The Balaban J connectivity index is 2.06. The van der Waals surface area contributed by atoms with Crippen LogP contribution in [0.4, 0.5) is 11.4 Å². The van der Waals surface area contributed by atoms with Crippen LogP contribution in [-0.4, -0.2) is 20.0 Å². The van der Waals surface area contributed by atoms with Crippen LogP contribution in [-0.2, 0) is 4.79 Å². The number of anilines is 2. The van der Waals surface area contributed by atoms with Crippen LogP contribution in [0.3, 0.4) is 0 Å². The smallest absolute Gasteiger partial charge is 0.293 e. The van der Waals surface area contributed by atoms with Gasteiger partial charge in [-0.15, -0.1) is 0 Å². The van der Waals surface area contributed by atoms with Crippen molar-refractivity contribution >= 4 is 33.2 Å². The van der Waals surface area contributed by atoms with Crippen LogP contribution >= 0.6 is 15.9 Å². The van der Waals surface area contributed by atoms with E-state index >= 15 is 0 Å². The minimum Gasteiger partial charge on any atom is -0.377 e. The van der Waals surface area contributed by atoms with Gasteiger partial charge in [-0.2, -0.15) is 4.57 Å². The summed E-state index contributed by atoms with van der Waals surface area (Å²) in [7, 11) is 3.98. The van der Waals surface area contributed by atoms with Crippen molar-refractivity contribution in [2.75, 3.05) is 24.3 Å². The molecular formula is C16H19BrN3O+. The number of carbonyl (C=O) groups is 1. The Morgan fingerprint density at radius 1 is 1.14 bits per heavy atom. The lowest BCUT2D eigenvalue weighted by molar-refractivity contribution is -0.705. The standard InChI is InChI=1S/C16H18BrN3O/c1-12(20-10-8-15(9-11-20)19(2)3)16(21)18-14-6-4-13(17)5-7-14/h4-12H,1-3H3/p+1/t12-/m0/s1. The lowest BCUT2D eigenvalue weighted by atomic mass is 10.2. The van der Waals surface area contributed by atoms with E-state index in [-0.39, 0.29) is 11.9 Å². The predicted molar refractivity (Wildman–Crippen MR) is 88.4 cm³/mol. The Hall–Kier alpha value is -1.88. The molecule has 0 bridgehead atoms. The average Bonchev–Trinajstić information content (AvgIpc) is 2.49. The predicted octanol–water partition coefficient (Wildman–Crippen LogP) is 3.00. The molecule has 21 heavy (non-hydrogen) atoms. The summed E-state index contributed by atoms with van der Waals surface area (Å²) in [6, 6.07) is 11.2. The van der Waals surface area contributed by atoms with Gasteiger partial charge in [-0.1, -0.05) is 15.9 Å². The molecule has 4 nitrogen and oxygen atoms in total. The highest BCUT2D eigenvalue weighted by atomic mass is 79.9. The number of hydrogen-bond donors (Lipinski definition) is 1. The summed E-state index contributed by atoms with van der Waals surface area (Å²) in [6.45, 7) is 1.88. The number of pyridine rings is 1. The fourth-order valence-electron chi connectivity index (χ4n) is 1.90. The Morgan fingerprint density at radius 3 is 2.24 bits per heavy atom. The van der Waals surface area contributed by atoms with Crippen molar-refractivity contribution in [1.29, 1.82) is 0 Å². The molecule has 0 saturated carbocycles. The molecule has 0 spiro atoms. The summed E-state index contributed by atoms with van der Waals surface area (Å²) in [6.07, 6.45) is 3.84. The zero-order chi connectivity index (χ0) is 15.4. The van der Waals surface area contributed by atoms with Gasteiger partial charge in [0.15, 0.2) is 12.4 Å². The zero-order valence-electron chi connectivity index (χ0n) is 12.4. The third-order valence-electron chi connectivity index (χ3n) is 3.29. The Labute approximate surface area is 133 Å². The van der Waals surface area contributed by atoms with E-state index < -0.39 is 0 Å². The molecule has 0 radical (unpaired) electrons. The fraction of sp³-hybridized carbons (Fsp3) is 0.250. The van der Waals surface area contributed by atoms with Crippen molar-refractivity contribution in [2.45, 2.75) is 13.0 Å². The van der Waals surface area contributed by atoms with Crippen molar-refractivity contribution in [3.05, 3.63) is 53.3 Å². The van der Waals surface area contributed by atoms with Crippen LogP contribution in [0.1, 0.15) is 13.0 Å². The molecule has 1 heterocycles. The fourth-order valence-corrected chi connectivity index (χ4v) is 2.17. The Bertz CT molecular complexity index is 608. The minimum atomic E-state index is -0.273. The van der Waals surface area contributed by atoms with Crippen molar-refractivity contribution in [2.24, 2.45) is 0 Å². The number of benzene rings is 1. The Morgan fingerprint density at radius 2 is 1.71 bits per heavy atom. The quantitative estimate of drug-likeness (QED) is 0.862. The number of hydrogen-bond acceptors (Lipinski definition) is 2. The van der Waals surface area contributed by atoms with E-state index in [1.807, 2.05) is 79.3 Å². The second kappa shape index (κ2) is 6.72. The number of carbonyl (C=O) groups excluding carboxylic acids is 1. The van der Waals surface area contributed by atoms with E-state index in [1.54, 1.807) is 0 Å². The molecule has 0 aliphatic heterocycles. The van der Waals surface area contributed by atoms with E-state index in [2.05, 4.69) is 21.2 Å². The molecule has 2 rings (SSSR count). The molecule has 0 aliphatic carbocycles. The third kappa shape index (κ3) is 4.04. The molecule has 1 amide bonds. The van der Waals surface area contributed by atoms with E-state index in [9.17, 15) is 4.79 Å². The van der Waals surface area contributed by atoms with Crippen LogP contribution < -0.4 is 14.8 Å². The SMILES string of the molecule is C[C@@H](C(=O)Nc1ccc(Br)cc1)[n+]1ccc(N(C)C)cc1.